The molecule has 88 valence electrons. The summed E-state index contributed by atoms with van der Waals surface area (Å²) >= 11 is 3.39. The molecule has 0 radical (unpaired) electrons. The molecule has 0 amide bonds. The Morgan fingerprint density at radius 1 is 1.44 bits per heavy atom. The molecule has 0 fully saturated rings. The Labute approximate surface area is 104 Å². The van der Waals surface area contributed by atoms with Crippen molar-refractivity contribution in [1.29, 1.82) is 0 Å². The van der Waals surface area contributed by atoms with Gasteiger partial charge in [-0.15, -0.1) is 0 Å². The molecule has 5 heteroatoms. The summed E-state index contributed by atoms with van der Waals surface area (Å²) in [5, 5.41) is 3.01. The van der Waals surface area contributed by atoms with Crippen LogP contribution in [0.5, 0.6) is 5.75 Å². The summed E-state index contributed by atoms with van der Waals surface area (Å²) in [6.45, 7) is 3.94. The molecule has 0 atom stereocenters. The second kappa shape index (κ2) is 5.75. The van der Waals surface area contributed by atoms with Crippen molar-refractivity contribution < 1.29 is 4.74 Å². The molecule has 0 aliphatic carbocycles. The third-order valence-electron chi connectivity index (χ3n) is 1.78. The Morgan fingerprint density at radius 3 is 2.69 bits per heavy atom. The predicted octanol–water partition coefficient (Wildman–Crippen LogP) is 2.59. The van der Waals surface area contributed by atoms with Gasteiger partial charge in [0.25, 0.3) is 0 Å². The molecule has 4 nitrogen and oxygen atoms in total. The molecule has 0 heterocycles. The second-order valence-electron chi connectivity index (χ2n) is 3.61. The maximum atomic E-state index is 5.73. The van der Waals surface area contributed by atoms with Crippen LogP contribution in [-0.4, -0.2) is 19.1 Å². The number of anilines is 1. The first kappa shape index (κ1) is 12.8. The highest BCUT2D eigenvalue weighted by atomic mass is 79.9. The minimum atomic E-state index is 0.168. The molecule has 1 aromatic rings. The first-order valence-corrected chi connectivity index (χ1v) is 5.75. The highest BCUT2D eigenvalue weighted by Crippen LogP contribution is 2.24. The Kier molecular flexibility index (Phi) is 4.61. The lowest BCUT2D eigenvalue weighted by Crippen LogP contribution is -2.23. The van der Waals surface area contributed by atoms with Crippen LogP contribution >= 0.6 is 15.9 Å². The minimum absolute atomic E-state index is 0.168. The van der Waals surface area contributed by atoms with E-state index in [9.17, 15) is 0 Å². The van der Waals surface area contributed by atoms with Crippen LogP contribution in [-0.2, 0) is 0 Å². The summed E-state index contributed by atoms with van der Waals surface area (Å²) < 4.78 is 6.07. The van der Waals surface area contributed by atoms with Crippen molar-refractivity contribution in [1.82, 2.24) is 0 Å². The summed E-state index contributed by atoms with van der Waals surface area (Å²) in [4.78, 5) is 4.19. The largest absolute Gasteiger partial charge is 0.497 e. The molecule has 0 aromatic heterocycles. The second-order valence-corrected chi connectivity index (χ2v) is 4.53. The van der Waals surface area contributed by atoms with Gasteiger partial charge < -0.3 is 15.8 Å². The number of ether oxygens (including phenoxy) is 1. The van der Waals surface area contributed by atoms with Crippen LogP contribution in [0.3, 0.4) is 0 Å². The third kappa shape index (κ3) is 4.10. The molecule has 0 spiro atoms. The average molecular weight is 286 g/mol. The van der Waals surface area contributed by atoms with Crippen LogP contribution in [0, 0.1) is 0 Å². The van der Waals surface area contributed by atoms with Gasteiger partial charge in [0, 0.05) is 22.3 Å². The van der Waals surface area contributed by atoms with E-state index < -0.39 is 0 Å². The SMILES string of the molecule is COc1cc(Br)cc(NC(N)=NC(C)C)c1. The molecule has 0 saturated carbocycles. The molecular weight excluding hydrogens is 270 g/mol. The highest BCUT2D eigenvalue weighted by molar-refractivity contribution is 9.10. The summed E-state index contributed by atoms with van der Waals surface area (Å²) in [5.41, 5.74) is 6.57. The fraction of sp³-hybridized carbons (Fsp3) is 0.364. The first-order valence-electron chi connectivity index (χ1n) is 4.96. The van der Waals surface area contributed by atoms with Gasteiger partial charge >= 0.3 is 0 Å². The van der Waals surface area contributed by atoms with Crippen molar-refractivity contribution in [3.63, 3.8) is 0 Å². The zero-order valence-electron chi connectivity index (χ0n) is 9.62. The van der Waals surface area contributed by atoms with E-state index in [1.807, 2.05) is 32.0 Å². The van der Waals surface area contributed by atoms with Crippen molar-refractivity contribution in [2.45, 2.75) is 19.9 Å². The molecule has 0 unspecified atom stereocenters. The van der Waals surface area contributed by atoms with Crippen molar-refractivity contribution in [3.8, 4) is 5.75 Å². The molecule has 0 aliphatic heterocycles. The van der Waals surface area contributed by atoms with Crippen molar-refractivity contribution in [2.24, 2.45) is 10.7 Å². The van der Waals surface area contributed by atoms with Crippen molar-refractivity contribution >= 4 is 27.6 Å². The maximum Gasteiger partial charge on any atom is 0.193 e. The quantitative estimate of drug-likeness (QED) is 0.663. The molecule has 0 bridgehead atoms. The number of methoxy groups -OCH3 is 1. The van der Waals surface area contributed by atoms with Crippen LogP contribution in [0.25, 0.3) is 0 Å². The van der Waals surface area contributed by atoms with Crippen LogP contribution in [0.15, 0.2) is 27.7 Å². The van der Waals surface area contributed by atoms with E-state index in [1.165, 1.54) is 0 Å². The van der Waals surface area contributed by atoms with Gasteiger partial charge in [0.1, 0.15) is 5.75 Å². The summed E-state index contributed by atoms with van der Waals surface area (Å²) in [5.74, 6) is 1.16. The monoisotopic (exact) mass is 285 g/mol. The van der Waals surface area contributed by atoms with Gasteiger partial charge in [-0.3, -0.25) is 4.99 Å². The van der Waals surface area contributed by atoms with E-state index >= 15 is 0 Å². The van der Waals surface area contributed by atoms with Gasteiger partial charge in [-0.05, 0) is 26.0 Å². The summed E-state index contributed by atoms with van der Waals surface area (Å²) in [7, 11) is 1.62. The lowest BCUT2D eigenvalue weighted by atomic mass is 10.3. The average Bonchev–Trinajstić information content (AvgIpc) is 2.14. The van der Waals surface area contributed by atoms with Gasteiger partial charge in [0.15, 0.2) is 5.96 Å². The number of nitrogens with zero attached hydrogens (tertiary/aromatic N) is 1. The van der Waals surface area contributed by atoms with Crippen LogP contribution in [0.4, 0.5) is 5.69 Å². The number of hydrogen-bond donors (Lipinski definition) is 2. The van der Waals surface area contributed by atoms with Crippen LogP contribution in [0.2, 0.25) is 0 Å². The van der Waals surface area contributed by atoms with E-state index in [2.05, 4.69) is 26.2 Å². The number of aliphatic imine (C=N–C) groups is 1. The maximum absolute atomic E-state index is 5.73. The number of halogens is 1. The van der Waals surface area contributed by atoms with E-state index in [1.54, 1.807) is 7.11 Å². The molecular formula is C11H16BrN3O. The van der Waals surface area contributed by atoms with Gasteiger partial charge in [0.2, 0.25) is 0 Å². The molecule has 0 aliphatic rings. The summed E-state index contributed by atoms with van der Waals surface area (Å²) in [6, 6.07) is 5.81. The number of nitrogens with two attached hydrogens (primary N) is 1. The Balaban J connectivity index is 2.85. The number of nitrogens with one attached hydrogen (secondary N) is 1. The zero-order valence-corrected chi connectivity index (χ0v) is 11.2. The standard InChI is InChI=1S/C11H16BrN3O/c1-7(2)14-11(13)15-9-4-8(12)5-10(6-9)16-3/h4-7H,1-3H3,(H3,13,14,15). The first-order chi connectivity index (χ1) is 7.51. The molecule has 3 N–H and O–H groups in total. The Morgan fingerprint density at radius 2 is 2.12 bits per heavy atom. The molecule has 16 heavy (non-hydrogen) atoms. The normalized spacial score (nSPS) is 11.7. The molecule has 1 rings (SSSR count). The van der Waals surface area contributed by atoms with Gasteiger partial charge in [-0.25, -0.2) is 0 Å². The summed E-state index contributed by atoms with van der Waals surface area (Å²) in [6.07, 6.45) is 0. The third-order valence-corrected chi connectivity index (χ3v) is 2.23. The van der Waals surface area contributed by atoms with Gasteiger partial charge in [-0.2, -0.15) is 0 Å². The zero-order chi connectivity index (χ0) is 12.1. The van der Waals surface area contributed by atoms with E-state index in [0.717, 1.165) is 15.9 Å². The smallest absolute Gasteiger partial charge is 0.193 e. The Hall–Kier alpha value is -1.23. The predicted molar refractivity (Wildman–Crippen MR) is 71.1 cm³/mol. The fourth-order valence-electron chi connectivity index (χ4n) is 1.21. The number of benzene rings is 1. The van der Waals surface area contributed by atoms with E-state index in [4.69, 9.17) is 10.5 Å². The lowest BCUT2D eigenvalue weighted by Gasteiger charge is -2.09. The molecule has 1 aromatic carbocycles. The topological polar surface area (TPSA) is 59.6 Å². The van der Waals surface area contributed by atoms with Crippen LogP contribution in [0.1, 0.15) is 13.8 Å². The van der Waals surface area contributed by atoms with Crippen LogP contribution < -0.4 is 15.8 Å². The number of guanidine groups is 1. The highest BCUT2D eigenvalue weighted by Gasteiger charge is 2.01. The van der Waals surface area contributed by atoms with Gasteiger partial charge in [0.05, 0.1) is 7.11 Å². The number of rotatable bonds is 3. The Bertz CT molecular complexity index is 391. The van der Waals surface area contributed by atoms with E-state index in [0.29, 0.717) is 5.96 Å². The van der Waals surface area contributed by atoms with E-state index in [-0.39, 0.29) is 6.04 Å². The fourth-order valence-corrected chi connectivity index (χ4v) is 1.68. The molecule has 0 saturated heterocycles. The van der Waals surface area contributed by atoms with Crippen molar-refractivity contribution in [3.05, 3.63) is 22.7 Å². The van der Waals surface area contributed by atoms with Gasteiger partial charge in [-0.1, -0.05) is 15.9 Å². The minimum Gasteiger partial charge on any atom is -0.497 e. The van der Waals surface area contributed by atoms with Crippen molar-refractivity contribution in [2.75, 3.05) is 12.4 Å². The number of hydrogen-bond acceptors (Lipinski definition) is 2. The lowest BCUT2D eigenvalue weighted by molar-refractivity contribution is 0.415.